The van der Waals surface area contributed by atoms with Crippen LogP contribution in [0.1, 0.15) is 16.8 Å². The second-order valence-electron chi connectivity index (χ2n) is 7.55. The van der Waals surface area contributed by atoms with Crippen molar-refractivity contribution >= 4 is 23.2 Å². The molecule has 0 atom stereocenters. The normalized spacial score (nSPS) is 12.4. The largest absolute Gasteiger partial charge is 0.486 e. The van der Waals surface area contributed by atoms with E-state index in [0.29, 0.717) is 42.0 Å². The van der Waals surface area contributed by atoms with E-state index in [1.165, 1.54) is 10.6 Å². The molecule has 31 heavy (non-hydrogen) atoms. The minimum absolute atomic E-state index is 0.187. The maximum Gasteiger partial charge on any atom is 0.255 e. The lowest BCUT2D eigenvalue weighted by Crippen LogP contribution is -2.30. The van der Waals surface area contributed by atoms with Gasteiger partial charge in [0.05, 0.1) is 0 Å². The average molecular weight is 420 g/mol. The number of carbonyl (C=O) groups is 1. The molecule has 3 aromatic rings. The molecule has 4 rings (SSSR count). The van der Waals surface area contributed by atoms with Gasteiger partial charge in [-0.15, -0.1) is 0 Å². The van der Waals surface area contributed by atoms with Crippen LogP contribution in [-0.2, 0) is 11.3 Å². The average Bonchev–Trinajstić information content (AvgIpc) is 2.70. The Morgan fingerprint density at radius 3 is 2.42 bits per heavy atom. The monoisotopic (exact) mass is 420 g/mol. The molecule has 1 amide bonds. The van der Waals surface area contributed by atoms with Crippen molar-refractivity contribution in [2.24, 2.45) is 0 Å². The van der Waals surface area contributed by atoms with Gasteiger partial charge in [-0.3, -0.25) is 14.2 Å². The molecule has 2 N–H and O–H groups in total. The molecule has 1 aliphatic rings. The third-order valence-corrected chi connectivity index (χ3v) is 4.74. The summed E-state index contributed by atoms with van der Waals surface area (Å²) in [6, 6.07) is 12.6. The van der Waals surface area contributed by atoms with Crippen LogP contribution in [0.5, 0.6) is 11.5 Å². The molecule has 0 fully saturated rings. The summed E-state index contributed by atoms with van der Waals surface area (Å²) in [4.78, 5) is 29.8. The first kappa shape index (κ1) is 20.5. The Kier molecular flexibility index (Phi) is 5.62. The van der Waals surface area contributed by atoms with E-state index in [2.05, 4.69) is 21.7 Å². The summed E-state index contributed by atoms with van der Waals surface area (Å²) in [6.07, 6.45) is 0. The van der Waals surface area contributed by atoms with E-state index in [0.717, 1.165) is 16.8 Å². The summed E-state index contributed by atoms with van der Waals surface area (Å²) in [6.45, 7) is 6.51. The first-order valence-electron chi connectivity index (χ1n) is 10.0. The minimum Gasteiger partial charge on any atom is -0.486 e. The van der Waals surface area contributed by atoms with Crippen molar-refractivity contribution in [2.45, 2.75) is 27.3 Å². The zero-order chi connectivity index (χ0) is 22.0. The maximum atomic E-state index is 12.7. The van der Waals surface area contributed by atoms with E-state index in [1.54, 1.807) is 25.1 Å². The summed E-state index contributed by atoms with van der Waals surface area (Å²) >= 11 is 0. The van der Waals surface area contributed by atoms with Gasteiger partial charge in [0.15, 0.2) is 11.5 Å². The zero-order valence-corrected chi connectivity index (χ0v) is 17.7. The van der Waals surface area contributed by atoms with Crippen LogP contribution >= 0.6 is 0 Å². The number of aryl methyl sites for hydroxylation is 3. The molecular weight excluding hydrogens is 396 g/mol. The number of rotatable bonds is 5. The molecule has 0 spiro atoms. The van der Waals surface area contributed by atoms with Crippen molar-refractivity contribution in [3.05, 3.63) is 69.6 Å². The summed E-state index contributed by atoms with van der Waals surface area (Å²) in [5.41, 5.74) is 3.79. The minimum atomic E-state index is -0.354. The highest BCUT2D eigenvalue weighted by atomic mass is 16.6. The van der Waals surface area contributed by atoms with Gasteiger partial charge in [0, 0.05) is 29.2 Å². The lowest BCUT2D eigenvalue weighted by atomic mass is 10.1. The Morgan fingerprint density at radius 1 is 0.968 bits per heavy atom. The number of ether oxygens (including phenoxy) is 2. The van der Waals surface area contributed by atoms with Gasteiger partial charge in [-0.25, -0.2) is 4.98 Å². The van der Waals surface area contributed by atoms with Crippen LogP contribution in [0.4, 0.5) is 17.3 Å². The molecule has 160 valence electrons. The number of nitrogens with zero attached hydrogens (tertiary/aromatic N) is 2. The van der Waals surface area contributed by atoms with Crippen LogP contribution in [-0.4, -0.2) is 28.7 Å². The molecule has 2 aromatic carbocycles. The van der Waals surface area contributed by atoms with E-state index < -0.39 is 0 Å². The fourth-order valence-electron chi connectivity index (χ4n) is 3.51. The second kappa shape index (κ2) is 8.51. The fraction of sp³-hybridized carbons (Fsp3) is 0.261. The molecule has 1 aromatic heterocycles. The van der Waals surface area contributed by atoms with Gasteiger partial charge in [0.1, 0.15) is 19.8 Å². The molecule has 0 radical (unpaired) electrons. The fourth-order valence-corrected chi connectivity index (χ4v) is 3.51. The van der Waals surface area contributed by atoms with Gasteiger partial charge in [-0.1, -0.05) is 6.07 Å². The van der Waals surface area contributed by atoms with Crippen LogP contribution in [0.25, 0.3) is 0 Å². The molecule has 0 saturated carbocycles. The van der Waals surface area contributed by atoms with Crippen molar-refractivity contribution < 1.29 is 14.3 Å². The standard InChI is InChI=1S/C23H24N4O4/c1-14-8-15(2)10-18(9-14)26-23-24-16(3)11-22(29)27(23)13-21(28)25-17-4-5-19-20(12-17)31-7-6-30-19/h4-5,8-12H,6-7,13H2,1-3H3,(H,24,26)(H,25,28). The summed E-state index contributed by atoms with van der Waals surface area (Å²) in [5.74, 6) is 1.18. The topological polar surface area (TPSA) is 94.5 Å². The van der Waals surface area contributed by atoms with E-state index in [-0.39, 0.29) is 18.0 Å². The third-order valence-electron chi connectivity index (χ3n) is 4.74. The van der Waals surface area contributed by atoms with Gasteiger partial charge in [-0.05, 0) is 56.2 Å². The van der Waals surface area contributed by atoms with Crippen molar-refractivity contribution in [2.75, 3.05) is 23.8 Å². The number of aromatic nitrogens is 2. The Balaban J connectivity index is 1.56. The molecule has 0 saturated heterocycles. The van der Waals surface area contributed by atoms with Gasteiger partial charge in [-0.2, -0.15) is 0 Å². The SMILES string of the molecule is Cc1cc(C)cc(Nc2nc(C)cc(=O)n2CC(=O)Nc2ccc3c(c2)OCCO3)c1. The number of hydrogen-bond donors (Lipinski definition) is 2. The molecule has 0 aliphatic carbocycles. The van der Waals surface area contributed by atoms with E-state index in [9.17, 15) is 9.59 Å². The first-order chi connectivity index (χ1) is 14.9. The predicted molar refractivity (Wildman–Crippen MR) is 118 cm³/mol. The van der Waals surface area contributed by atoms with E-state index >= 15 is 0 Å². The summed E-state index contributed by atoms with van der Waals surface area (Å²) < 4.78 is 12.4. The van der Waals surface area contributed by atoms with Gasteiger partial charge in [0.2, 0.25) is 11.9 Å². The molecule has 0 bridgehead atoms. The Bertz CT molecular complexity index is 1180. The van der Waals surface area contributed by atoms with E-state index in [1.807, 2.05) is 26.0 Å². The lowest BCUT2D eigenvalue weighted by Gasteiger charge is -2.19. The van der Waals surface area contributed by atoms with Gasteiger partial charge >= 0.3 is 0 Å². The van der Waals surface area contributed by atoms with Crippen molar-refractivity contribution in [3.8, 4) is 11.5 Å². The molecule has 1 aliphatic heterocycles. The van der Waals surface area contributed by atoms with Crippen LogP contribution in [0.15, 0.2) is 47.3 Å². The molecule has 0 unspecified atom stereocenters. The van der Waals surface area contributed by atoms with Gasteiger partial charge < -0.3 is 20.1 Å². The second-order valence-corrected chi connectivity index (χ2v) is 7.55. The lowest BCUT2D eigenvalue weighted by molar-refractivity contribution is -0.116. The number of anilines is 3. The van der Waals surface area contributed by atoms with Crippen LogP contribution in [0.2, 0.25) is 0 Å². The van der Waals surface area contributed by atoms with Crippen molar-refractivity contribution in [1.82, 2.24) is 9.55 Å². The third kappa shape index (κ3) is 4.85. The molecule has 2 heterocycles. The molecular formula is C23H24N4O4. The summed E-state index contributed by atoms with van der Waals surface area (Å²) in [5, 5.41) is 5.98. The number of amides is 1. The Hall–Kier alpha value is -3.81. The molecule has 8 nitrogen and oxygen atoms in total. The number of hydrogen-bond acceptors (Lipinski definition) is 6. The Labute approximate surface area is 179 Å². The van der Waals surface area contributed by atoms with Crippen molar-refractivity contribution in [1.29, 1.82) is 0 Å². The Morgan fingerprint density at radius 2 is 1.68 bits per heavy atom. The van der Waals surface area contributed by atoms with Crippen LogP contribution < -0.4 is 25.7 Å². The number of fused-ring (bicyclic) bond motifs is 1. The van der Waals surface area contributed by atoms with Crippen molar-refractivity contribution in [3.63, 3.8) is 0 Å². The van der Waals surface area contributed by atoms with Crippen LogP contribution in [0, 0.1) is 20.8 Å². The van der Waals surface area contributed by atoms with Crippen LogP contribution in [0.3, 0.4) is 0 Å². The van der Waals surface area contributed by atoms with E-state index in [4.69, 9.17) is 9.47 Å². The van der Waals surface area contributed by atoms with Gasteiger partial charge in [0.25, 0.3) is 5.56 Å². The zero-order valence-electron chi connectivity index (χ0n) is 17.7. The summed E-state index contributed by atoms with van der Waals surface area (Å²) in [7, 11) is 0. The highest BCUT2D eigenvalue weighted by molar-refractivity contribution is 5.91. The highest BCUT2D eigenvalue weighted by Gasteiger charge is 2.15. The number of benzene rings is 2. The number of nitrogens with one attached hydrogen (secondary N) is 2. The predicted octanol–water partition coefficient (Wildman–Crippen LogP) is 3.32. The smallest absolute Gasteiger partial charge is 0.255 e. The molecule has 8 heteroatoms. The quantitative estimate of drug-likeness (QED) is 0.658. The first-order valence-corrected chi connectivity index (χ1v) is 10.0. The maximum absolute atomic E-state index is 12.7. The highest BCUT2D eigenvalue weighted by Crippen LogP contribution is 2.32. The number of carbonyl (C=O) groups excluding carboxylic acids is 1.